The van der Waals surface area contributed by atoms with Crippen molar-refractivity contribution in [1.82, 2.24) is 4.57 Å². The first-order valence-corrected chi connectivity index (χ1v) is 14.7. The number of rotatable bonds is 9. The van der Waals surface area contributed by atoms with E-state index in [0.717, 1.165) is 22.1 Å². The fourth-order valence-corrected chi connectivity index (χ4v) is 6.06. The van der Waals surface area contributed by atoms with Crippen LogP contribution < -0.4 is 24.4 Å². The molecule has 0 spiro atoms. The molecule has 0 saturated carbocycles. The molecule has 0 N–H and O–H groups in total. The van der Waals surface area contributed by atoms with E-state index in [4.69, 9.17) is 19.2 Å². The number of para-hydroxylation sites is 1. The normalized spacial score (nSPS) is 15.2. The number of nitrogens with zero attached hydrogens (tertiary/aromatic N) is 2. The Balaban J connectivity index is 1.71. The molecular weight excluding hydrogens is 536 g/mol. The Morgan fingerprint density at radius 3 is 2.44 bits per heavy atom. The summed E-state index contributed by atoms with van der Waals surface area (Å²) >= 11 is 1.30. The van der Waals surface area contributed by atoms with Gasteiger partial charge in [-0.3, -0.25) is 9.36 Å². The molecular formula is C33H34N2O5S. The zero-order chi connectivity index (χ0) is 29.1. The highest BCUT2D eigenvalue weighted by Crippen LogP contribution is 2.36. The minimum absolute atomic E-state index is 0.212. The molecule has 1 atom stereocenters. The summed E-state index contributed by atoms with van der Waals surface area (Å²) < 4.78 is 19.5. The first kappa shape index (κ1) is 28.4. The molecule has 0 amide bonds. The Morgan fingerprint density at radius 1 is 0.976 bits per heavy atom. The Bertz CT molecular complexity index is 1820. The predicted octanol–water partition coefficient (Wildman–Crippen LogP) is 5.39. The maximum Gasteiger partial charge on any atom is 0.338 e. The molecule has 41 heavy (non-hydrogen) atoms. The van der Waals surface area contributed by atoms with Crippen molar-refractivity contribution in [1.29, 1.82) is 0 Å². The van der Waals surface area contributed by atoms with Gasteiger partial charge in [0.1, 0.15) is 17.5 Å². The first-order valence-electron chi connectivity index (χ1n) is 13.9. The lowest BCUT2D eigenvalue weighted by Crippen LogP contribution is -2.40. The number of hydrogen-bond acceptors (Lipinski definition) is 7. The average Bonchev–Trinajstić information content (AvgIpc) is 3.26. The lowest BCUT2D eigenvalue weighted by atomic mass is 9.95. The van der Waals surface area contributed by atoms with Gasteiger partial charge in [0, 0.05) is 10.9 Å². The van der Waals surface area contributed by atoms with E-state index < -0.39 is 12.0 Å². The number of esters is 1. The number of aromatic nitrogens is 1. The van der Waals surface area contributed by atoms with Gasteiger partial charge in [-0.1, -0.05) is 73.7 Å². The minimum Gasteiger partial charge on any atom is -0.494 e. The van der Waals surface area contributed by atoms with Crippen LogP contribution in [-0.4, -0.2) is 30.4 Å². The van der Waals surface area contributed by atoms with E-state index in [2.05, 4.69) is 13.8 Å². The fourth-order valence-electron chi connectivity index (χ4n) is 5.02. The first-order chi connectivity index (χ1) is 19.8. The third-order valence-electron chi connectivity index (χ3n) is 6.81. The molecule has 0 bridgehead atoms. The molecule has 4 aromatic rings. The van der Waals surface area contributed by atoms with E-state index in [-0.39, 0.29) is 12.2 Å². The van der Waals surface area contributed by atoms with E-state index in [9.17, 15) is 9.59 Å². The van der Waals surface area contributed by atoms with Crippen molar-refractivity contribution in [3.63, 3.8) is 0 Å². The minimum atomic E-state index is -0.737. The van der Waals surface area contributed by atoms with Gasteiger partial charge in [-0.05, 0) is 55.8 Å². The zero-order valence-corrected chi connectivity index (χ0v) is 24.8. The van der Waals surface area contributed by atoms with Crippen molar-refractivity contribution >= 4 is 34.2 Å². The summed E-state index contributed by atoms with van der Waals surface area (Å²) in [6.45, 7) is 10.9. The van der Waals surface area contributed by atoms with Crippen molar-refractivity contribution in [3.8, 4) is 11.5 Å². The van der Waals surface area contributed by atoms with Gasteiger partial charge in [0.15, 0.2) is 4.80 Å². The second-order valence-corrected chi connectivity index (χ2v) is 11.2. The molecule has 1 aromatic heterocycles. The number of allylic oxidation sites excluding steroid dienone is 1. The Labute approximate surface area is 243 Å². The topological polar surface area (TPSA) is 79.1 Å². The molecule has 7 nitrogen and oxygen atoms in total. The molecule has 1 aliphatic rings. The summed E-state index contributed by atoms with van der Waals surface area (Å²) in [4.78, 5) is 32.6. The van der Waals surface area contributed by atoms with Crippen LogP contribution in [0.4, 0.5) is 0 Å². The molecule has 0 radical (unpaired) electrons. The SMILES string of the molecule is CCOC(=O)C1=C(C)N=c2s/c(=C\c3ccc(OCC(C)C)c4ccccc34)c(=O)n2[C@@H]1c1ccccc1OCC. The quantitative estimate of drug-likeness (QED) is 0.252. The highest BCUT2D eigenvalue weighted by molar-refractivity contribution is 7.07. The second kappa shape index (κ2) is 12.1. The van der Waals surface area contributed by atoms with E-state index in [1.54, 1.807) is 18.4 Å². The largest absolute Gasteiger partial charge is 0.494 e. The summed E-state index contributed by atoms with van der Waals surface area (Å²) in [6.07, 6.45) is 1.90. The van der Waals surface area contributed by atoms with Crippen molar-refractivity contribution < 1.29 is 19.0 Å². The summed E-state index contributed by atoms with van der Waals surface area (Å²) in [5, 5.41) is 1.97. The Morgan fingerprint density at radius 2 is 1.71 bits per heavy atom. The summed E-state index contributed by atoms with van der Waals surface area (Å²) in [7, 11) is 0. The van der Waals surface area contributed by atoms with E-state index in [1.165, 1.54) is 11.3 Å². The molecule has 212 valence electrons. The zero-order valence-electron chi connectivity index (χ0n) is 24.0. The number of ether oxygens (including phenoxy) is 3. The van der Waals surface area contributed by atoms with Crippen LogP contribution in [0.2, 0.25) is 0 Å². The van der Waals surface area contributed by atoms with Crippen molar-refractivity contribution in [3.05, 3.63) is 103 Å². The van der Waals surface area contributed by atoms with Gasteiger partial charge in [0.25, 0.3) is 5.56 Å². The van der Waals surface area contributed by atoms with Gasteiger partial charge < -0.3 is 14.2 Å². The highest BCUT2D eigenvalue weighted by atomic mass is 32.1. The van der Waals surface area contributed by atoms with Gasteiger partial charge in [-0.15, -0.1) is 0 Å². The number of benzene rings is 3. The molecule has 3 aromatic carbocycles. The van der Waals surface area contributed by atoms with Crippen molar-refractivity contribution in [2.24, 2.45) is 10.9 Å². The smallest absolute Gasteiger partial charge is 0.338 e. The molecule has 0 saturated heterocycles. The molecule has 8 heteroatoms. The summed E-state index contributed by atoms with van der Waals surface area (Å²) in [6, 6.07) is 18.7. The van der Waals surface area contributed by atoms with Crippen LogP contribution in [0.3, 0.4) is 0 Å². The number of fused-ring (bicyclic) bond motifs is 2. The third-order valence-corrected chi connectivity index (χ3v) is 7.79. The van der Waals surface area contributed by atoms with Gasteiger partial charge in [0.2, 0.25) is 0 Å². The van der Waals surface area contributed by atoms with Crippen molar-refractivity contribution in [2.45, 2.75) is 40.7 Å². The average molecular weight is 571 g/mol. The lowest BCUT2D eigenvalue weighted by Gasteiger charge is -2.26. The van der Waals surface area contributed by atoms with Crippen LogP contribution in [0.5, 0.6) is 11.5 Å². The van der Waals surface area contributed by atoms with Crippen LogP contribution in [0, 0.1) is 5.92 Å². The Hall–Kier alpha value is -4.17. The summed E-state index contributed by atoms with van der Waals surface area (Å²) in [5.74, 6) is 1.32. The molecule has 0 aliphatic carbocycles. The number of carbonyl (C=O) groups is 1. The van der Waals surface area contributed by atoms with Crippen LogP contribution >= 0.6 is 11.3 Å². The third kappa shape index (κ3) is 5.57. The van der Waals surface area contributed by atoms with Gasteiger partial charge in [0.05, 0.1) is 35.6 Å². The van der Waals surface area contributed by atoms with E-state index in [1.807, 2.05) is 73.7 Å². The maximum absolute atomic E-state index is 14.1. The number of thiazole rings is 1. The van der Waals surface area contributed by atoms with E-state index in [0.29, 0.717) is 51.0 Å². The number of carbonyl (C=O) groups excluding carboxylic acids is 1. The van der Waals surface area contributed by atoms with Crippen molar-refractivity contribution in [2.75, 3.05) is 19.8 Å². The van der Waals surface area contributed by atoms with Gasteiger partial charge in [-0.25, -0.2) is 9.79 Å². The molecule has 5 rings (SSSR count). The van der Waals surface area contributed by atoms with Crippen LogP contribution in [-0.2, 0) is 9.53 Å². The number of hydrogen-bond donors (Lipinski definition) is 0. The summed E-state index contributed by atoms with van der Waals surface area (Å²) in [5.41, 5.74) is 2.22. The van der Waals surface area contributed by atoms with Gasteiger partial charge in [-0.2, -0.15) is 0 Å². The molecule has 2 heterocycles. The molecule has 0 unspecified atom stereocenters. The van der Waals surface area contributed by atoms with E-state index >= 15 is 0 Å². The van der Waals surface area contributed by atoms with Gasteiger partial charge >= 0.3 is 5.97 Å². The van der Waals surface area contributed by atoms with Crippen LogP contribution in [0.1, 0.15) is 51.8 Å². The fraction of sp³-hybridized carbons (Fsp3) is 0.303. The predicted molar refractivity (Wildman–Crippen MR) is 162 cm³/mol. The second-order valence-electron chi connectivity index (χ2n) is 10.2. The highest BCUT2D eigenvalue weighted by Gasteiger charge is 2.35. The standard InChI is InChI=1S/C33H34N2O5S/c1-6-38-26-15-11-10-14-25(26)30-29(32(37)39-7-2)21(5)34-33-35(30)31(36)28(41-33)18-22-16-17-27(40-19-20(3)4)24-13-9-8-12-23(22)24/h8-18,20,30H,6-7,19H2,1-5H3/b28-18-/t30-/m1/s1. The molecule has 0 fully saturated rings. The van der Waals surface area contributed by atoms with Crippen LogP contribution in [0.25, 0.3) is 16.8 Å². The molecule has 1 aliphatic heterocycles. The lowest BCUT2D eigenvalue weighted by molar-refractivity contribution is -0.139. The monoisotopic (exact) mass is 570 g/mol. The Kier molecular flexibility index (Phi) is 8.40. The van der Waals surface area contributed by atoms with Crippen LogP contribution in [0.15, 0.2) is 81.7 Å². The maximum atomic E-state index is 14.1.